The van der Waals surface area contributed by atoms with Gasteiger partial charge in [-0.05, 0) is 47.8 Å². The van der Waals surface area contributed by atoms with Crippen LogP contribution in [0.2, 0.25) is 0 Å². The Morgan fingerprint density at radius 2 is 2.17 bits per heavy atom. The Balaban J connectivity index is 1.88. The first-order chi connectivity index (χ1) is 5.64. The molecule has 3 aliphatic carbocycles. The van der Waals surface area contributed by atoms with E-state index in [1.54, 1.807) is 0 Å². The Bertz CT molecular complexity index is 233. The van der Waals surface area contributed by atoms with Crippen LogP contribution in [0.3, 0.4) is 0 Å². The van der Waals surface area contributed by atoms with Crippen LogP contribution in [0.4, 0.5) is 0 Å². The van der Waals surface area contributed by atoms with Gasteiger partial charge in [0.25, 0.3) is 0 Å². The minimum absolute atomic E-state index is 0.413. The second-order valence-electron chi connectivity index (χ2n) is 5.68. The number of fused-ring (bicyclic) bond motifs is 1. The summed E-state index contributed by atoms with van der Waals surface area (Å²) >= 11 is 0. The molecule has 1 N–H and O–H groups in total. The number of hydrogen-bond donors (Lipinski definition) is 1. The molecule has 0 aromatic heterocycles. The summed E-state index contributed by atoms with van der Waals surface area (Å²) in [4.78, 5) is 0. The van der Waals surface area contributed by atoms with Gasteiger partial charge < -0.3 is 5.11 Å². The van der Waals surface area contributed by atoms with E-state index in [0.29, 0.717) is 17.4 Å². The molecule has 0 aromatic carbocycles. The average molecular weight is 166 g/mol. The average Bonchev–Trinajstić information content (AvgIpc) is 2.46. The van der Waals surface area contributed by atoms with E-state index in [1.807, 2.05) is 0 Å². The zero-order valence-electron chi connectivity index (χ0n) is 8.01. The monoisotopic (exact) mass is 166 g/mol. The lowest BCUT2D eigenvalue weighted by atomic mass is 9.60. The molecular formula is C11H18O. The topological polar surface area (TPSA) is 20.2 Å². The van der Waals surface area contributed by atoms with Crippen LogP contribution in [0.25, 0.3) is 0 Å². The Labute approximate surface area is 74.2 Å². The van der Waals surface area contributed by atoms with Crippen LogP contribution in [-0.4, -0.2) is 11.7 Å². The standard InChI is InChI=1S/C11H18O/c1-10(2)7-3-4-11(5-6-12)8(7)9(10)11/h7-9,12H,3-6H2,1-2H3/t7-,8?,9+,11?/m1/s1. The van der Waals surface area contributed by atoms with Gasteiger partial charge in [0.15, 0.2) is 0 Å². The van der Waals surface area contributed by atoms with Crippen LogP contribution in [0, 0.1) is 28.6 Å². The minimum Gasteiger partial charge on any atom is -0.396 e. The molecule has 0 amide bonds. The summed E-state index contributed by atoms with van der Waals surface area (Å²) < 4.78 is 0. The van der Waals surface area contributed by atoms with Gasteiger partial charge in [0.1, 0.15) is 0 Å². The van der Waals surface area contributed by atoms with E-state index in [9.17, 15) is 0 Å². The molecule has 4 atom stereocenters. The summed E-state index contributed by atoms with van der Waals surface area (Å²) in [5, 5.41) is 9.03. The molecule has 0 saturated heterocycles. The molecule has 0 heterocycles. The molecule has 3 fully saturated rings. The molecule has 1 heteroatoms. The van der Waals surface area contributed by atoms with Crippen LogP contribution in [0.1, 0.15) is 33.1 Å². The maximum atomic E-state index is 9.03. The number of aliphatic hydroxyl groups excluding tert-OH is 1. The predicted octanol–water partition coefficient (Wildman–Crippen LogP) is 2.05. The molecule has 0 bridgehead atoms. The first-order valence-corrected chi connectivity index (χ1v) is 5.25. The molecule has 3 aliphatic rings. The van der Waals surface area contributed by atoms with Crippen molar-refractivity contribution in [3.8, 4) is 0 Å². The summed E-state index contributed by atoms with van der Waals surface area (Å²) in [5.41, 5.74) is 1.25. The zero-order valence-corrected chi connectivity index (χ0v) is 8.01. The highest BCUT2D eigenvalue weighted by Gasteiger charge is 2.83. The highest BCUT2D eigenvalue weighted by atomic mass is 16.3. The minimum atomic E-state index is 0.413. The number of rotatable bonds is 2. The van der Waals surface area contributed by atoms with E-state index in [1.165, 1.54) is 12.8 Å². The second-order valence-corrected chi connectivity index (χ2v) is 5.68. The quantitative estimate of drug-likeness (QED) is 0.665. The van der Waals surface area contributed by atoms with Crippen molar-refractivity contribution in [3.05, 3.63) is 0 Å². The summed E-state index contributed by atoms with van der Waals surface area (Å²) in [7, 11) is 0. The van der Waals surface area contributed by atoms with Gasteiger partial charge in [0, 0.05) is 6.61 Å². The Morgan fingerprint density at radius 1 is 1.42 bits per heavy atom. The largest absolute Gasteiger partial charge is 0.396 e. The van der Waals surface area contributed by atoms with Crippen LogP contribution in [0.5, 0.6) is 0 Å². The Hall–Kier alpha value is -0.0400. The Morgan fingerprint density at radius 3 is 2.58 bits per heavy atom. The number of hydrogen-bond acceptors (Lipinski definition) is 1. The van der Waals surface area contributed by atoms with Gasteiger partial charge in [0.2, 0.25) is 0 Å². The van der Waals surface area contributed by atoms with Crippen molar-refractivity contribution >= 4 is 0 Å². The van der Waals surface area contributed by atoms with Gasteiger partial charge in [-0.3, -0.25) is 0 Å². The molecule has 1 nitrogen and oxygen atoms in total. The van der Waals surface area contributed by atoms with Gasteiger partial charge in [0.05, 0.1) is 0 Å². The normalized spacial score (nSPS) is 57.8. The molecule has 68 valence electrons. The lowest BCUT2D eigenvalue weighted by Gasteiger charge is -2.45. The van der Waals surface area contributed by atoms with Gasteiger partial charge in [-0.1, -0.05) is 13.8 Å². The molecule has 0 aromatic rings. The SMILES string of the molecule is CC1(C)[C@@H]2CCC3(CCO)C2[C@H]31. The number of aliphatic hydroxyl groups is 1. The predicted molar refractivity (Wildman–Crippen MR) is 47.6 cm³/mol. The van der Waals surface area contributed by atoms with E-state index in [4.69, 9.17) is 5.11 Å². The Kier molecular flexibility index (Phi) is 1.07. The van der Waals surface area contributed by atoms with Gasteiger partial charge >= 0.3 is 0 Å². The van der Waals surface area contributed by atoms with Crippen molar-refractivity contribution < 1.29 is 5.11 Å². The molecule has 0 radical (unpaired) electrons. The van der Waals surface area contributed by atoms with Crippen LogP contribution >= 0.6 is 0 Å². The maximum Gasteiger partial charge on any atom is 0.0436 e. The van der Waals surface area contributed by atoms with E-state index in [0.717, 1.165) is 24.2 Å². The highest BCUT2D eigenvalue weighted by Crippen LogP contribution is 2.88. The van der Waals surface area contributed by atoms with Gasteiger partial charge in [-0.2, -0.15) is 0 Å². The molecule has 3 saturated carbocycles. The van der Waals surface area contributed by atoms with E-state index in [2.05, 4.69) is 13.8 Å². The fraction of sp³-hybridized carbons (Fsp3) is 1.00. The highest BCUT2D eigenvalue weighted by molar-refractivity contribution is 5.31. The summed E-state index contributed by atoms with van der Waals surface area (Å²) in [6.45, 7) is 5.27. The molecule has 0 aliphatic heterocycles. The molecule has 3 rings (SSSR count). The van der Waals surface area contributed by atoms with Gasteiger partial charge in [-0.15, -0.1) is 0 Å². The zero-order chi connectivity index (χ0) is 8.56. The van der Waals surface area contributed by atoms with Crippen molar-refractivity contribution in [1.29, 1.82) is 0 Å². The first kappa shape index (κ1) is 7.37. The van der Waals surface area contributed by atoms with Crippen molar-refractivity contribution in [2.75, 3.05) is 6.61 Å². The third kappa shape index (κ3) is 0.501. The molecular weight excluding hydrogens is 148 g/mol. The smallest absolute Gasteiger partial charge is 0.0436 e. The van der Waals surface area contributed by atoms with Crippen LogP contribution in [-0.2, 0) is 0 Å². The van der Waals surface area contributed by atoms with Crippen molar-refractivity contribution in [3.63, 3.8) is 0 Å². The molecule has 2 unspecified atom stereocenters. The van der Waals surface area contributed by atoms with Crippen molar-refractivity contribution in [2.24, 2.45) is 28.6 Å². The molecule has 0 spiro atoms. The fourth-order valence-electron chi connectivity index (χ4n) is 4.89. The van der Waals surface area contributed by atoms with E-state index < -0.39 is 0 Å². The first-order valence-electron chi connectivity index (χ1n) is 5.25. The van der Waals surface area contributed by atoms with E-state index in [-0.39, 0.29) is 0 Å². The van der Waals surface area contributed by atoms with Crippen molar-refractivity contribution in [2.45, 2.75) is 33.1 Å². The second kappa shape index (κ2) is 1.75. The summed E-state index contributed by atoms with van der Waals surface area (Å²) in [5.74, 6) is 3.02. The third-order valence-electron chi connectivity index (χ3n) is 5.22. The molecule has 12 heavy (non-hydrogen) atoms. The summed E-state index contributed by atoms with van der Waals surface area (Å²) in [6, 6.07) is 0. The lowest BCUT2D eigenvalue weighted by Crippen LogP contribution is -2.39. The fourth-order valence-corrected chi connectivity index (χ4v) is 4.89. The van der Waals surface area contributed by atoms with E-state index >= 15 is 0 Å². The third-order valence-corrected chi connectivity index (χ3v) is 5.22. The summed E-state index contributed by atoms with van der Waals surface area (Å²) in [6.07, 6.45) is 3.94. The maximum absolute atomic E-state index is 9.03. The van der Waals surface area contributed by atoms with Crippen LogP contribution in [0.15, 0.2) is 0 Å². The van der Waals surface area contributed by atoms with Gasteiger partial charge in [-0.25, -0.2) is 0 Å². The van der Waals surface area contributed by atoms with Crippen molar-refractivity contribution in [1.82, 2.24) is 0 Å². The van der Waals surface area contributed by atoms with Crippen LogP contribution < -0.4 is 0 Å². The lowest BCUT2D eigenvalue weighted by molar-refractivity contribution is 0.0317.